The number of carbonyl (C=O) groups excluding carboxylic acids is 2. The summed E-state index contributed by atoms with van der Waals surface area (Å²) in [5, 5.41) is 0. The smallest absolute Gasteiger partial charge is 0.331 e. The number of esters is 1. The van der Waals surface area contributed by atoms with Gasteiger partial charge in [-0.3, -0.25) is 14.5 Å². The monoisotopic (exact) mass is 395 g/mol. The number of carbonyl (C=O) groups is 2. The van der Waals surface area contributed by atoms with E-state index in [1.165, 1.54) is 6.07 Å². The molecule has 0 bridgehead atoms. The average molecular weight is 395 g/mol. The van der Waals surface area contributed by atoms with E-state index in [0.717, 1.165) is 0 Å². The number of rotatable bonds is 7. The van der Waals surface area contributed by atoms with E-state index in [2.05, 4.69) is 9.71 Å². The van der Waals surface area contributed by atoms with E-state index in [0.29, 0.717) is 18.7 Å². The zero-order valence-electron chi connectivity index (χ0n) is 15.9. The summed E-state index contributed by atoms with van der Waals surface area (Å²) in [6, 6.07) is 5.48. The Morgan fingerprint density at radius 2 is 1.81 bits per heavy atom. The fourth-order valence-corrected chi connectivity index (χ4v) is 3.97. The standard InChI is InChI=1S/C18H25N3O5S/c1-5-21(6-2)15(22)11-26-18(23)16(12(3)4)19-17-13-9-7-8-10-14(13)27(24,25)20-17/h7-10,12,16H,5-6,11H2,1-4H3,(H,19,20)/t16-/m0/s1. The number of aliphatic imine (C=N–C) groups is 1. The number of fused-ring (bicyclic) bond motifs is 1. The summed E-state index contributed by atoms with van der Waals surface area (Å²) in [7, 11) is -3.69. The van der Waals surface area contributed by atoms with Crippen LogP contribution in [0.15, 0.2) is 34.2 Å². The van der Waals surface area contributed by atoms with Gasteiger partial charge in [0.05, 0.1) is 4.90 Å². The van der Waals surface area contributed by atoms with Crippen LogP contribution in [0.3, 0.4) is 0 Å². The van der Waals surface area contributed by atoms with Crippen molar-refractivity contribution >= 4 is 27.7 Å². The molecule has 8 nitrogen and oxygen atoms in total. The quantitative estimate of drug-likeness (QED) is 0.698. The summed E-state index contributed by atoms with van der Waals surface area (Å²) in [5.74, 6) is -1.08. The van der Waals surface area contributed by atoms with Crippen LogP contribution in [-0.4, -0.2) is 56.8 Å². The van der Waals surface area contributed by atoms with Gasteiger partial charge >= 0.3 is 5.97 Å². The largest absolute Gasteiger partial charge is 0.454 e. The Balaban J connectivity index is 2.20. The Kier molecular flexibility index (Phi) is 6.59. The first kappa shape index (κ1) is 20.9. The first-order valence-electron chi connectivity index (χ1n) is 8.85. The minimum atomic E-state index is -3.69. The third kappa shape index (κ3) is 4.65. The molecular weight excluding hydrogens is 370 g/mol. The number of hydrogen-bond acceptors (Lipinski definition) is 6. The lowest BCUT2D eigenvalue weighted by Crippen LogP contribution is -2.37. The minimum Gasteiger partial charge on any atom is -0.454 e. The minimum absolute atomic E-state index is 0.108. The van der Waals surface area contributed by atoms with Gasteiger partial charge in [-0.1, -0.05) is 26.0 Å². The molecule has 1 heterocycles. The molecular formula is C18H25N3O5S. The van der Waals surface area contributed by atoms with Crippen molar-refractivity contribution in [1.82, 2.24) is 9.62 Å². The van der Waals surface area contributed by atoms with Crippen molar-refractivity contribution < 1.29 is 22.7 Å². The normalized spacial score (nSPS) is 17.3. The Hall–Kier alpha value is -2.42. The van der Waals surface area contributed by atoms with Gasteiger partial charge < -0.3 is 9.64 Å². The van der Waals surface area contributed by atoms with E-state index in [-0.39, 0.29) is 29.2 Å². The number of ether oxygens (including phenoxy) is 1. The van der Waals surface area contributed by atoms with Crippen molar-refractivity contribution in [2.75, 3.05) is 19.7 Å². The van der Waals surface area contributed by atoms with E-state index >= 15 is 0 Å². The molecule has 0 radical (unpaired) electrons. The molecule has 0 fully saturated rings. The van der Waals surface area contributed by atoms with Crippen molar-refractivity contribution in [3.63, 3.8) is 0 Å². The van der Waals surface area contributed by atoms with E-state index in [1.807, 2.05) is 13.8 Å². The SMILES string of the molecule is CCN(CC)C(=O)COC(=O)[C@@H](N=C1NS(=O)(=O)c2ccccc21)C(C)C. The van der Waals surface area contributed by atoms with Gasteiger partial charge in [-0.2, -0.15) is 0 Å². The number of amidine groups is 1. The summed E-state index contributed by atoms with van der Waals surface area (Å²) in [6.07, 6.45) is 0. The number of hydrogen-bond donors (Lipinski definition) is 1. The summed E-state index contributed by atoms with van der Waals surface area (Å²) in [5.41, 5.74) is 0.412. The van der Waals surface area contributed by atoms with Gasteiger partial charge in [0.25, 0.3) is 15.9 Å². The fraction of sp³-hybridized carbons (Fsp3) is 0.500. The van der Waals surface area contributed by atoms with Crippen molar-refractivity contribution in [3.8, 4) is 0 Å². The third-order valence-corrected chi connectivity index (χ3v) is 5.66. The van der Waals surface area contributed by atoms with E-state index < -0.39 is 22.0 Å². The van der Waals surface area contributed by atoms with Crippen LogP contribution in [0, 0.1) is 5.92 Å². The fourth-order valence-electron chi connectivity index (χ4n) is 2.73. The van der Waals surface area contributed by atoms with E-state index in [4.69, 9.17) is 4.74 Å². The molecule has 1 amide bonds. The molecule has 1 atom stereocenters. The van der Waals surface area contributed by atoms with Gasteiger partial charge in [0.2, 0.25) is 0 Å². The van der Waals surface area contributed by atoms with Gasteiger partial charge in [0.15, 0.2) is 12.6 Å². The van der Waals surface area contributed by atoms with Crippen LogP contribution < -0.4 is 4.72 Å². The second-order valence-corrected chi connectivity index (χ2v) is 8.09. The first-order chi connectivity index (χ1) is 12.7. The maximum absolute atomic E-state index is 12.5. The van der Waals surface area contributed by atoms with Crippen molar-refractivity contribution in [2.45, 2.75) is 38.6 Å². The zero-order chi connectivity index (χ0) is 20.2. The number of nitrogens with zero attached hydrogens (tertiary/aromatic N) is 2. The van der Waals surface area contributed by atoms with Gasteiger partial charge in [0.1, 0.15) is 5.84 Å². The molecule has 0 aromatic heterocycles. The molecule has 0 saturated carbocycles. The highest BCUT2D eigenvalue weighted by Gasteiger charge is 2.33. The highest BCUT2D eigenvalue weighted by molar-refractivity contribution is 7.90. The van der Waals surface area contributed by atoms with Gasteiger partial charge in [-0.25, -0.2) is 13.2 Å². The maximum Gasteiger partial charge on any atom is 0.331 e. The molecule has 1 aromatic rings. The van der Waals surface area contributed by atoms with Crippen molar-refractivity contribution in [2.24, 2.45) is 10.9 Å². The Morgan fingerprint density at radius 1 is 1.19 bits per heavy atom. The molecule has 0 spiro atoms. The Morgan fingerprint density at radius 3 is 2.41 bits per heavy atom. The van der Waals surface area contributed by atoms with Crippen LogP contribution >= 0.6 is 0 Å². The number of benzene rings is 1. The van der Waals surface area contributed by atoms with Crippen molar-refractivity contribution in [1.29, 1.82) is 0 Å². The van der Waals surface area contributed by atoms with Crippen LogP contribution in [0.2, 0.25) is 0 Å². The molecule has 148 valence electrons. The summed E-state index contributed by atoms with van der Waals surface area (Å²) >= 11 is 0. The second kappa shape index (κ2) is 8.51. The number of likely N-dealkylation sites (N-methyl/N-ethyl adjacent to an activating group) is 1. The van der Waals surface area contributed by atoms with Gasteiger partial charge in [-0.05, 0) is 31.9 Å². The third-order valence-electron chi connectivity index (χ3n) is 4.26. The van der Waals surface area contributed by atoms with Crippen LogP contribution in [0.1, 0.15) is 33.3 Å². The number of nitrogens with one attached hydrogen (secondary N) is 1. The summed E-state index contributed by atoms with van der Waals surface area (Å²) < 4.78 is 31.9. The van der Waals surface area contributed by atoms with Crippen LogP contribution in [-0.2, 0) is 24.3 Å². The molecule has 2 rings (SSSR count). The predicted octanol–water partition coefficient (Wildman–Crippen LogP) is 1.16. The van der Waals surface area contributed by atoms with Gasteiger partial charge in [0, 0.05) is 18.7 Å². The zero-order valence-corrected chi connectivity index (χ0v) is 16.7. The van der Waals surface area contributed by atoms with Gasteiger partial charge in [-0.15, -0.1) is 0 Å². The highest BCUT2D eigenvalue weighted by Crippen LogP contribution is 2.23. The highest BCUT2D eigenvalue weighted by atomic mass is 32.2. The molecule has 9 heteroatoms. The van der Waals surface area contributed by atoms with E-state index in [9.17, 15) is 18.0 Å². The molecule has 27 heavy (non-hydrogen) atoms. The number of sulfonamides is 1. The van der Waals surface area contributed by atoms with Crippen LogP contribution in [0.5, 0.6) is 0 Å². The predicted molar refractivity (Wildman–Crippen MR) is 101 cm³/mol. The number of amides is 1. The summed E-state index contributed by atoms with van der Waals surface area (Å²) in [6.45, 7) is 7.93. The molecule has 1 aliphatic rings. The molecule has 1 aromatic carbocycles. The lowest BCUT2D eigenvalue weighted by atomic mass is 10.1. The Bertz CT molecular complexity index is 844. The molecule has 0 unspecified atom stereocenters. The topological polar surface area (TPSA) is 105 Å². The molecule has 1 aliphatic heterocycles. The lowest BCUT2D eigenvalue weighted by Gasteiger charge is -2.20. The summed E-state index contributed by atoms with van der Waals surface area (Å²) in [4.78, 5) is 30.5. The molecule has 0 aliphatic carbocycles. The lowest BCUT2D eigenvalue weighted by molar-refractivity contribution is -0.153. The van der Waals surface area contributed by atoms with Crippen LogP contribution in [0.4, 0.5) is 0 Å². The first-order valence-corrected chi connectivity index (χ1v) is 10.3. The average Bonchev–Trinajstić information content (AvgIpc) is 2.89. The molecule has 1 N–H and O–H groups in total. The van der Waals surface area contributed by atoms with Crippen LogP contribution in [0.25, 0.3) is 0 Å². The second-order valence-electron chi connectivity index (χ2n) is 6.44. The Labute approximate surface area is 159 Å². The molecule has 0 saturated heterocycles. The maximum atomic E-state index is 12.5. The van der Waals surface area contributed by atoms with E-state index in [1.54, 1.807) is 36.9 Å². The van der Waals surface area contributed by atoms with Crippen molar-refractivity contribution in [3.05, 3.63) is 29.8 Å².